The SMILES string of the molecule is Cc1cnc2nc(CNC3CC3)[nH]c2c1. The number of nitrogens with zero attached hydrogens (tertiary/aromatic N) is 2. The predicted octanol–water partition coefficient (Wildman–Crippen LogP) is 1.52. The number of aromatic nitrogens is 3. The molecule has 2 aromatic heterocycles. The normalized spacial score (nSPS) is 16.1. The van der Waals surface area contributed by atoms with Crippen molar-refractivity contribution in [1.82, 2.24) is 20.3 Å². The number of fused-ring (bicyclic) bond motifs is 1. The van der Waals surface area contributed by atoms with Gasteiger partial charge in [0.25, 0.3) is 0 Å². The minimum Gasteiger partial charge on any atom is -0.340 e. The maximum Gasteiger partial charge on any atom is 0.177 e. The van der Waals surface area contributed by atoms with Gasteiger partial charge in [-0.1, -0.05) is 0 Å². The number of aromatic amines is 1. The molecule has 0 unspecified atom stereocenters. The average molecular weight is 202 g/mol. The topological polar surface area (TPSA) is 53.6 Å². The van der Waals surface area contributed by atoms with E-state index >= 15 is 0 Å². The van der Waals surface area contributed by atoms with Gasteiger partial charge in [-0.25, -0.2) is 9.97 Å². The summed E-state index contributed by atoms with van der Waals surface area (Å²) in [6.07, 6.45) is 4.45. The Morgan fingerprint density at radius 1 is 1.53 bits per heavy atom. The molecule has 0 aliphatic heterocycles. The average Bonchev–Trinajstić information content (AvgIpc) is 2.95. The number of aryl methyl sites for hydroxylation is 1. The zero-order valence-corrected chi connectivity index (χ0v) is 8.75. The molecule has 2 heterocycles. The van der Waals surface area contributed by atoms with Gasteiger partial charge < -0.3 is 10.3 Å². The van der Waals surface area contributed by atoms with Gasteiger partial charge in [0, 0.05) is 12.2 Å². The van der Waals surface area contributed by atoms with Crippen molar-refractivity contribution in [2.45, 2.75) is 32.4 Å². The standard InChI is InChI=1S/C11H14N4/c1-7-4-9-11(13-5-7)15-10(14-9)6-12-8-2-3-8/h4-5,8,12H,2-3,6H2,1H3,(H,13,14,15). The number of rotatable bonds is 3. The second-order valence-corrected chi connectivity index (χ2v) is 4.22. The zero-order valence-electron chi connectivity index (χ0n) is 8.75. The Kier molecular flexibility index (Phi) is 1.95. The van der Waals surface area contributed by atoms with Crippen LogP contribution in [0, 0.1) is 6.92 Å². The third kappa shape index (κ3) is 1.85. The van der Waals surface area contributed by atoms with Gasteiger partial charge in [0.1, 0.15) is 5.82 Å². The first-order chi connectivity index (χ1) is 7.31. The van der Waals surface area contributed by atoms with E-state index in [1.165, 1.54) is 12.8 Å². The Bertz CT molecular complexity index is 484. The molecule has 1 aliphatic rings. The van der Waals surface area contributed by atoms with Crippen LogP contribution < -0.4 is 5.32 Å². The molecule has 0 aromatic carbocycles. The smallest absolute Gasteiger partial charge is 0.177 e. The van der Waals surface area contributed by atoms with Gasteiger partial charge in [-0.3, -0.25) is 0 Å². The largest absolute Gasteiger partial charge is 0.340 e. The summed E-state index contributed by atoms with van der Waals surface area (Å²) in [4.78, 5) is 12.0. The van der Waals surface area contributed by atoms with Crippen molar-refractivity contribution in [2.75, 3.05) is 0 Å². The first-order valence-corrected chi connectivity index (χ1v) is 5.36. The summed E-state index contributed by atoms with van der Waals surface area (Å²) in [5.41, 5.74) is 3.00. The second-order valence-electron chi connectivity index (χ2n) is 4.22. The van der Waals surface area contributed by atoms with Gasteiger partial charge in [0.2, 0.25) is 0 Å². The molecule has 1 saturated carbocycles. The monoisotopic (exact) mass is 202 g/mol. The second kappa shape index (κ2) is 3.31. The number of nitrogens with one attached hydrogen (secondary N) is 2. The third-order valence-electron chi connectivity index (χ3n) is 2.66. The van der Waals surface area contributed by atoms with Crippen molar-refractivity contribution in [3.05, 3.63) is 23.7 Å². The summed E-state index contributed by atoms with van der Waals surface area (Å²) in [5.74, 6) is 0.981. The first-order valence-electron chi connectivity index (χ1n) is 5.36. The highest BCUT2D eigenvalue weighted by Gasteiger charge is 2.20. The summed E-state index contributed by atoms with van der Waals surface area (Å²) in [7, 11) is 0. The van der Waals surface area contributed by atoms with Crippen LogP contribution in [0.3, 0.4) is 0 Å². The van der Waals surface area contributed by atoms with E-state index in [4.69, 9.17) is 0 Å². The molecule has 0 radical (unpaired) electrons. The minimum absolute atomic E-state index is 0.716. The van der Waals surface area contributed by atoms with Crippen LogP contribution in [0.1, 0.15) is 24.2 Å². The van der Waals surface area contributed by atoms with Crippen LogP contribution in [-0.4, -0.2) is 21.0 Å². The number of hydrogen-bond donors (Lipinski definition) is 2. The summed E-state index contributed by atoms with van der Waals surface area (Å²) in [6, 6.07) is 2.79. The highest BCUT2D eigenvalue weighted by atomic mass is 15.0. The molecule has 15 heavy (non-hydrogen) atoms. The van der Waals surface area contributed by atoms with E-state index in [0.717, 1.165) is 29.1 Å². The number of imidazole rings is 1. The van der Waals surface area contributed by atoms with Crippen LogP contribution >= 0.6 is 0 Å². The van der Waals surface area contributed by atoms with E-state index in [9.17, 15) is 0 Å². The molecule has 1 aliphatic carbocycles. The van der Waals surface area contributed by atoms with Gasteiger partial charge >= 0.3 is 0 Å². The molecule has 0 bridgehead atoms. The van der Waals surface area contributed by atoms with Gasteiger partial charge in [0.15, 0.2) is 5.65 Å². The Labute approximate surface area is 88.1 Å². The van der Waals surface area contributed by atoms with Crippen molar-refractivity contribution in [2.24, 2.45) is 0 Å². The van der Waals surface area contributed by atoms with Crippen LogP contribution in [0.2, 0.25) is 0 Å². The number of hydrogen-bond acceptors (Lipinski definition) is 3. The fraction of sp³-hybridized carbons (Fsp3) is 0.455. The lowest BCUT2D eigenvalue weighted by atomic mass is 10.3. The molecule has 78 valence electrons. The van der Waals surface area contributed by atoms with E-state index in [2.05, 4.69) is 26.3 Å². The van der Waals surface area contributed by atoms with Crippen molar-refractivity contribution in [3.63, 3.8) is 0 Å². The van der Waals surface area contributed by atoms with Crippen molar-refractivity contribution >= 4 is 11.2 Å². The molecule has 2 N–H and O–H groups in total. The van der Waals surface area contributed by atoms with Crippen LogP contribution in [0.15, 0.2) is 12.3 Å². The van der Waals surface area contributed by atoms with Crippen LogP contribution in [-0.2, 0) is 6.54 Å². The molecule has 1 fully saturated rings. The lowest BCUT2D eigenvalue weighted by molar-refractivity contribution is 0.665. The molecule has 0 atom stereocenters. The summed E-state index contributed by atoms with van der Waals surface area (Å²) >= 11 is 0. The van der Waals surface area contributed by atoms with Gasteiger partial charge in [0.05, 0.1) is 12.1 Å². The van der Waals surface area contributed by atoms with Crippen LogP contribution in [0.4, 0.5) is 0 Å². The van der Waals surface area contributed by atoms with E-state index in [0.29, 0.717) is 6.04 Å². The third-order valence-corrected chi connectivity index (χ3v) is 2.66. The first kappa shape index (κ1) is 8.85. The fourth-order valence-electron chi connectivity index (χ4n) is 1.67. The lowest BCUT2D eigenvalue weighted by Crippen LogP contribution is -2.16. The molecular weight excluding hydrogens is 188 g/mol. The molecule has 2 aromatic rings. The highest BCUT2D eigenvalue weighted by Crippen LogP contribution is 2.19. The molecular formula is C11H14N4. The maximum absolute atomic E-state index is 4.42. The molecule has 4 heteroatoms. The predicted molar refractivity (Wildman–Crippen MR) is 58.5 cm³/mol. The molecule has 3 rings (SSSR count). The Balaban J connectivity index is 1.84. The maximum atomic E-state index is 4.42. The molecule has 4 nitrogen and oxygen atoms in total. The molecule has 0 spiro atoms. The van der Waals surface area contributed by atoms with E-state index in [1.807, 2.05) is 13.1 Å². The quantitative estimate of drug-likeness (QED) is 0.793. The zero-order chi connectivity index (χ0) is 10.3. The number of pyridine rings is 1. The minimum atomic E-state index is 0.716. The lowest BCUT2D eigenvalue weighted by Gasteiger charge is -1.96. The van der Waals surface area contributed by atoms with Crippen molar-refractivity contribution in [3.8, 4) is 0 Å². The van der Waals surface area contributed by atoms with E-state index in [1.54, 1.807) is 0 Å². The van der Waals surface area contributed by atoms with Gasteiger partial charge in [-0.15, -0.1) is 0 Å². The summed E-state index contributed by atoms with van der Waals surface area (Å²) in [5, 5.41) is 3.43. The molecule has 0 saturated heterocycles. The van der Waals surface area contributed by atoms with Crippen LogP contribution in [0.5, 0.6) is 0 Å². The summed E-state index contributed by atoms with van der Waals surface area (Å²) < 4.78 is 0. The fourth-order valence-corrected chi connectivity index (χ4v) is 1.67. The van der Waals surface area contributed by atoms with Crippen LogP contribution in [0.25, 0.3) is 11.2 Å². The highest BCUT2D eigenvalue weighted by molar-refractivity contribution is 5.70. The Hall–Kier alpha value is -1.42. The summed E-state index contributed by atoms with van der Waals surface area (Å²) in [6.45, 7) is 2.86. The van der Waals surface area contributed by atoms with Gasteiger partial charge in [-0.05, 0) is 31.4 Å². The van der Waals surface area contributed by atoms with E-state index < -0.39 is 0 Å². The number of H-pyrrole nitrogens is 1. The van der Waals surface area contributed by atoms with Crippen molar-refractivity contribution in [1.29, 1.82) is 0 Å². The molecule has 0 amide bonds. The van der Waals surface area contributed by atoms with Crippen molar-refractivity contribution < 1.29 is 0 Å². The van der Waals surface area contributed by atoms with Gasteiger partial charge in [-0.2, -0.15) is 0 Å². The Morgan fingerprint density at radius 2 is 2.40 bits per heavy atom. The van der Waals surface area contributed by atoms with E-state index in [-0.39, 0.29) is 0 Å². The Morgan fingerprint density at radius 3 is 3.20 bits per heavy atom.